The molecule has 0 saturated heterocycles. The molecular formula is C22H27Cl2N3S. The number of pyridine rings is 1. The Hall–Kier alpha value is -1.59. The standard InChI is InChI=1S/C14H10Cl2N2S.C6H11N.C2H6/c15-10-8-19-14-11(6-12(16)18-13(10)14)17-7-9-4-2-1-3-5-9;7-6-4-2-1-3-5-6;1-2/h1-6,8H,7H2,(H,17,18);1-2,6H,3-5,7H2;1-2H3. The number of allylic oxidation sites excluding steroid dienone is 1. The number of nitrogens with zero attached hydrogens (tertiary/aromatic N) is 1. The number of fused-ring (bicyclic) bond motifs is 1. The molecule has 3 N–H and O–H groups in total. The fraction of sp³-hybridized carbons (Fsp3) is 0.318. The Morgan fingerprint density at radius 2 is 1.93 bits per heavy atom. The van der Waals surface area contributed by atoms with Crippen molar-refractivity contribution in [3.8, 4) is 0 Å². The van der Waals surface area contributed by atoms with Crippen LogP contribution in [0.3, 0.4) is 0 Å². The maximum absolute atomic E-state index is 6.10. The summed E-state index contributed by atoms with van der Waals surface area (Å²) in [4.78, 5) is 4.25. The quantitative estimate of drug-likeness (QED) is 0.335. The van der Waals surface area contributed by atoms with E-state index in [1.165, 1.54) is 18.4 Å². The molecule has 1 aliphatic carbocycles. The number of thiophene rings is 1. The third-order valence-corrected chi connectivity index (χ3v) is 5.70. The molecule has 0 saturated carbocycles. The molecule has 1 unspecified atom stereocenters. The number of anilines is 1. The van der Waals surface area contributed by atoms with E-state index in [1.807, 2.05) is 43.5 Å². The summed E-state index contributed by atoms with van der Waals surface area (Å²) < 4.78 is 1.03. The monoisotopic (exact) mass is 435 g/mol. The van der Waals surface area contributed by atoms with E-state index in [2.05, 4.69) is 34.6 Å². The van der Waals surface area contributed by atoms with Gasteiger partial charge in [0, 0.05) is 24.0 Å². The fourth-order valence-electron chi connectivity index (χ4n) is 2.69. The van der Waals surface area contributed by atoms with Gasteiger partial charge in [0.2, 0.25) is 0 Å². The second-order valence-electron chi connectivity index (χ2n) is 6.14. The van der Waals surface area contributed by atoms with E-state index in [4.69, 9.17) is 28.9 Å². The minimum Gasteiger partial charge on any atom is -0.380 e. The second-order valence-corrected chi connectivity index (χ2v) is 7.81. The van der Waals surface area contributed by atoms with Gasteiger partial charge in [0.25, 0.3) is 0 Å². The Balaban J connectivity index is 0.000000261. The minimum atomic E-state index is 0.448. The molecule has 1 atom stereocenters. The molecule has 28 heavy (non-hydrogen) atoms. The van der Waals surface area contributed by atoms with Crippen LogP contribution in [0.1, 0.15) is 38.7 Å². The number of aromatic nitrogens is 1. The molecule has 6 heteroatoms. The highest BCUT2D eigenvalue weighted by molar-refractivity contribution is 7.18. The first kappa shape index (κ1) is 22.7. The van der Waals surface area contributed by atoms with E-state index in [0.717, 1.165) is 28.9 Å². The Morgan fingerprint density at radius 1 is 1.18 bits per heavy atom. The van der Waals surface area contributed by atoms with Gasteiger partial charge in [0.15, 0.2) is 0 Å². The summed E-state index contributed by atoms with van der Waals surface area (Å²) in [6.07, 6.45) is 7.80. The van der Waals surface area contributed by atoms with Crippen molar-refractivity contribution in [2.24, 2.45) is 5.73 Å². The topological polar surface area (TPSA) is 50.9 Å². The molecule has 3 aromatic rings. The zero-order valence-corrected chi connectivity index (χ0v) is 18.6. The predicted octanol–water partition coefficient (Wildman–Crippen LogP) is 7.30. The number of hydrogen-bond donors (Lipinski definition) is 2. The molecule has 0 aliphatic heterocycles. The predicted molar refractivity (Wildman–Crippen MR) is 126 cm³/mol. The summed E-state index contributed by atoms with van der Waals surface area (Å²) >= 11 is 13.7. The summed E-state index contributed by atoms with van der Waals surface area (Å²) in [5.74, 6) is 0. The Morgan fingerprint density at radius 3 is 2.54 bits per heavy atom. The maximum Gasteiger partial charge on any atom is 0.131 e. The van der Waals surface area contributed by atoms with Gasteiger partial charge < -0.3 is 11.1 Å². The summed E-state index contributed by atoms with van der Waals surface area (Å²) in [5, 5.41) is 6.35. The van der Waals surface area contributed by atoms with Gasteiger partial charge in [-0.15, -0.1) is 11.3 Å². The molecule has 0 amide bonds. The van der Waals surface area contributed by atoms with Crippen molar-refractivity contribution in [2.75, 3.05) is 5.32 Å². The average Bonchev–Trinajstić information content (AvgIpc) is 3.10. The Labute approximate surface area is 181 Å². The van der Waals surface area contributed by atoms with Crippen LogP contribution in [-0.2, 0) is 6.54 Å². The molecule has 3 nitrogen and oxygen atoms in total. The van der Waals surface area contributed by atoms with Crippen LogP contribution in [0.5, 0.6) is 0 Å². The van der Waals surface area contributed by atoms with Gasteiger partial charge >= 0.3 is 0 Å². The van der Waals surface area contributed by atoms with Crippen LogP contribution >= 0.6 is 34.5 Å². The summed E-state index contributed by atoms with van der Waals surface area (Å²) in [6.45, 7) is 4.74. The van der Waals surface area contributed by atoms with Crippen LogP contribution in [0.25, 0.3) is 10.2 Å². The summed E-state index contributed by atoms with van der Waals surface area (Å²) in [6, 6.07) is 12.5. The average molecular weight is 436 g/mol. The number of benzene rings is 1. The highest BCUT2D eigenvalue weighted by Gasteiger charge is 2.10. The van der Waals surface area contributed by atoms with Crippen LogP contribution in [0.15, 0.2) is 53.9 Å². The first-order valence-electron chi connectivity index (χ1n) is 9.55. The van der Waals surface area contributed by atoms with E-state index in [0.29, 0.717) is 16.2 Å². The molecule has 2 aromatic heterocycles. The van der Waals surface area contributed by atoms with Crippen LogP contribution in [-0.4, -0.2) is 11.0 Å². The molecule has 1 aliphatic rings. The molecule has 0 fully saturated rings. The van der Waals surface area contributed by atoms with Crippen LogP contribution in [0.4, 0.5) is 5.69 Å². The van der Waals surface area contributed by atoms with Crippen LogP contribution in [0.2, 0.25) is 10.2 Å². The lowest BCUT2D eigenvalue weighted by atomic mass is 10.0. The smallest absolute Gasteiger partial charge is 0.131 e. The Bertz CT molecular complexity index is 878. The van der Waals surface area contributed by atoms with Crippen molar-refractivity contribution < 1.29 is 0 Å². The van der Waals surface area contributed by atoms with Gasteiger partial charge in [0.05, 0.1) is 15.4 Å². The molecular weight excluding hydrogens is 409 g/mol. The van der Waals surface area contributed by atoms with Gasteiger partial charge in [-0.3, -0.25) is 0 Å². The Kier molecular flexibility index (Phi) is 9.79. The number of hydrogen-bond acceptors (Lipinski definition) is 4. The molecule has 0 bridgehead atoms. The molecule has 0 radical (unpaired) electrons. The zero-order valence-electron chi connectivity index (χ0n) is 16.3. The number of rotatable bonds is 3. The fourth-order valence-corrected chi connectivity index (χ4v) is 4.07. The lowest BCUT2D eigenvalue weighted by molar-refractivity contribution is 0.606. The minimum absolute atomic E-state index is 0.448. The van der Waals surface area contributed by atoms with Gasteiger partial charge in [-0.2, -0.15) is 0 Å². The normalized spacial score (nSPS) is 15.2. The van der Waals surface area contributed by atoms with E-state index < -0.39 is 0 Å². The summed E-state index contributed by atoms with van der Waals surface area (Å²) in [5.41, 5.74) is 8.52. The third-order valence-electron chi connectivity index (χ3n) is 4.08. The van der Waals surface area contributed by atoms with Crippen molar-refractivity contribution in [3.63, 3.8) is 0 Å². The number of nitrogens with one attached hydrogen (secondary N) is 1. The zero-order chi connectivity index (χ0) is 20.4. The van der Waals surface area contributed by atoms with E-state index in [9.17, 15) is 0 Å². The molecule has 1 aromatic carbocycles. The van der Waals surface area contributed by atoms with Gasteiger partial charge in [-0.05, 0) is 24.8 Å². The number of nitrogens with two attached hydrogens (primary N) is 1. The first-order chi connectivity index (χ1) is 13.6. The van der Waals surface area contributed by atoms with Gasteiger partial charge in [0.1, 0.15) is 10.7 Å². The van der Waals surface area contributed by atoms with E-state index >= 15 is 0 Å². The van der Waals surface area contributed by atoms with Crippen LogP contribution in [0, 0.1) is 0 Å². The molecule has 150 valence electrons. The molecule has 4 rings (SSSR count). The SMILES string of the molecule is CC.Clc1cc(NCc2ccccc2)c2scc(Cl)c2n1.NC1CC=CCC1. The van der Waals surface area contributed by atoms with Crippen molar-refractivity contribution in [1.82, 2.24) is 4.98 Å². The maximum atomic E-state index is 6.10. The second kappa shape index (κ2) is 12.1. The van der Waals surface area contributed by atoms with E-state index in [-0.39, 0.29) is 0 Å². The highest BCUT2D eigenvalue weighted by Crippen LogP contribution is 2.35. The first-order valence-corrected chi connectivity index (χ1v) is 11.2. The van der Waals surface area contributed by atoms with Gasteiger partial charge in [-0.25, -0.2) is 4.98 Å². The third kappa shape index (κ3) is 6.78. The molecule has 2 heterocycles. The van der Waals surface area contributed by atoms with Crippen molar-refractivity contribution in [2.45, 2.75) is 45.7 Å². The largest absolute Gasteiger partial charge is 0.380 e. The lowest BCUT2D eigenvalue weighted by Gasteiger charge is -2.09. The van der Waals surface area contributed by atoms with Gasteiger partial charge in [-0.1, -0.05) is 79.5 Å². The highest BCUT2D eigenvalue weighted by atomic mass is 35.5. The van der Waals surface area contributed by atoms with Crippen molar-refractivity contribution in [3.05, 3.63) is 69.7 Å². The lowest BCUT2D eigenvalue weighted by Crippen LogP contribution is -2.19. The molecule has 0 spiro atoms. The van der Waals surface area contributed by atoms with Crippen molar-refractivity contribution >= 4 is 50.4 Å². The summed E-state index contributed by atoms with van der Waals surface area (Å²) in [7, 11) is 0. The van der Waals surface area contributed by atoms with E-state index in [1.54, 1.807) is 11.3 Å². The van der Waals surface area contributed by atoms with Crippen molar-refractivity contribution in [1.29, 1.82) is 0 Å². The van der Waals surface area contributed by atoms with Crippen LogP contribution < -0.4 is 11.1 Å². The number of halogens is 2.